The van der Waals surface area contributed by atoms with Crippen molar-refractivity contribution in [1.82, 2.24) is 5.32 Å². The maximum atomic E-state index is 11.0. The van der Waals surface area contributed by atoms with Crippen molar-refractivity contribution in [3.8, 4) is 0 Å². The van der Waals surface area contributed by atoms with Crippen molar-refractivity contribution in [2.75, 3.05) is 6.54 Å². The van der Waals surface area contributed by atoms with Crippen LogP contribution >= 0.6 is 0 Å². The summed E-state index contributed by atoms with van der Waals surface area (Å²) in [6, 6.07) is 8.51. The van der Waals surface area contributed by atoms with Crippen LogP contribution in [0.3, 0.4) is 0 Å². The molecule has 2 N–H and O–H groups in total. The van der Waals surface area contributed by atoms with Crippen molar-refractivity contribution in [1.29, 1.82) is 0 Å². The molecule has 0 aliphatic carbocycles. The van der Waals surface area contributed by atoms with E-state index in [2.05, 4.69) is 11.9 Å². The zero-order valence-corrected chi connectivity index (χ0v) is 8.52. The molecule has 0 saturated carbocycles. The quantitative estimate of drug-likeness (QED) is 0.551. The van der Waals surface area contributed by atoms with Crippen molar-refractivity contribution < 1.29 is 9.90 Å². The van der Waals surface area contributed by atoms with Gasteiger partial charge >= 0.3 is 5.97 Å². The predicted molar refractivity (Wildman–Crippen MR) is 59.6 cm³/mol. The van der Waals surface area contributed by atoms with Gasteiger partial charge in [-0.2, -0.15) is 0 Å². The Morgan fingerprint density at radius 2 is 2.13 bits per heavy atom. The van der Waals surface area contributed by atoms with Crippen LogP contribution in [0.2, 0.25) is 0 Å². The van der Waals surface area contributed by atoms with E-state index in [4.69, 9.17) is 5.11 Å². The molecule has 0 spiro atoms. The van der Waals surface area contributed by atoms with Crippen molar-refractivity contribution in [2.24, 2.45) is 0 Å². The zero-order valence-electron chi connectivity index (χ0n) is 8.52. The molecule has 3 heteroatoms. The highest BCUT2D eigenvalue weighted by Crippen LogP contribution is 2.12. The Balaban J connectivity index is 2.66. The molecular formula is C12H15NO2. The molecule has 0 radical (unpaired) electrons. The summed E-state index contributed by atoms with van der Waals surface area (Å²) in [6.45, 7) is 4.21. The van der Waals surface area contributed by atoms with Crippen molar-refractivity contribution >= 4 is 5.97 Å². The van der Waals surface area contributed by atoms with E-state index in [9.17, 15) is 4.79 Å². The fourth-order valence-corrected chi connectivity index (χ4v) is 1.32. The molecule has 15 heavy (non-hydrogen) atoms. The number of nitrogens with one attached hydrogen (secondary N) is 1. The summed E-state index contributed by atoms with van der Waals surface area (Å²) in [4.78, 5) is 11.0. The first-order valence-electron chi connectivity index (χ1n) is 4.87. The average molecular weight is 205 g/mol. The molecule has 0 amide bonds. The van der Waals surface area contributed by atoms with Gasteiger partial charge in [0, 0.05) is 0 Å². The number of carboxylic acids is 1. The Kier molecular flexibility index (Phi) is 4.57. The van der Waals surface area contributed by atoms with E-state index in [1.165, 1.54) is 0 Å². The van der Waals surface area contributed by atoms with Gasteiger partial charge in [-0.25, -0.2) is 0 Å². The van der Waals surface area contributed by atoms with Crippen LogP contribution in [0.4, 0.5) is 0 Å². The standard InChI is InChI=1S/C12H15NO2/c1-2-3-9-13-11(12(14)15)10-7-5-4-6-8-10/h2,4-8,11,13H,1,3,9H2,(H,14,15). The van der Waals surface area contributed by atoms with Gasteiger partial charge in [0.25, 0.3) is 0 Å². The lowest BCUT2D eigenvalue weighted by Crippen LogP contribution is -2.29. The van der Waals surface area contributed by atoms with Gasteiger partial charge in [0.15, 0.2) is 0 Å². The molecule has 0 saturated heterocycles. The maximum absolute atomic E-state index is 11.0. The van der Waals surface area contributed by atoms with Gasteiger partial charge in [-0.1, -0.05) is 36.4 Å². The Morgan fingerprint density at radius 1 is 1.47 bits per heavy atom. The third-order valence-corrected chi connectivity index (χ3v) is 2.08. The highest BCUT2D eigenvalue weighted by molar-refractivity contribution is 5.75. The number of carbonyl (C=O) groups is 1. The molecule has 0 aliphatic heterocycles. The minimum absolute atomic E-state index is 0.620. The van der Waals surface area contributed by atoms with Gasteiger partial charge in [-0.15, -0.1) is 6.58 Å². The van der Waals surface area contributed by atoms with E-state index >= 15 is 0 Å². The number of hydrogen-bond acceptors (Lipinski definition) is 2. The molecule has 1 unspecified atom stereocenters. The van der Waals surface area contributed by atoms with Gasteiger partial charge in [-0.3, -0.25) is 4.79 Å². The third-order valence-electron chi connectivity index (χ3n) is 2.08. The molecule has 1 rings (SSSR count). The smallest absolute Gasteiger partial charge is 0.325 e. The van der Waals surface area contributed by atoms with Gasteiger partial charge < -0.3 is 10.4 Å². The topological polar surface area (TPSA) is 49.3 Å². The van der Waals surface area contributed by atoms with Gasteiger partial charge in [0.2, 0.25) is 0 Å². The molecule has 0 aromatic heterocycles. The summed E-state index contributed by atoms with van der Waals surface area (Å²) in [5.74, 6) is -0.856. The van der Waals surface area contributed by atoms with E-state index in [0.29, 0.717) is 6.54 Å². The molecule has 0 fully saturated rings. The third kappa shape index (κ3) is 3.56. The van der Waals surface area contributed by atoms with Gasteiger partial charge in [0.05, 0.1) is 0 Å². The SMILES string of the molecule is C=CCCNC(C(=O)O)c1ccccc1. The van der Waals surface area contributed by atoms with Crippen LogP contribution in [-0.2, 0) is 4.79 Å². The molecule has 0 bridgehead atoms. The van der Waals surface area contributed by atoms with Gasteiger partial charge in [-0.05, 0) is 18.5 Å². The maximum Gasteiger partial charge on any atom is 0.325 e. The van der Waals surface area contributed by atoms with Crippen LogP contribution in [0, 0.1) is 0 Å². The first-order chi connectivity index (χ1) is 7.25. The normalized spacial score (nSPS) is 12.0. The van der Waals surface area contributed by atoms with Crippen LogP contribution in [0.25, 0.3) is 0 Å². The molecule has 0 heterocycles. The number of rotatable bonds is 6. The van der Waals surface area contributed by atoms with Crippen LogP contribution in [0.15, 0.2) is 43.0 Å². The van der Waals surface area contributed by atoms with Crippen LogP contribution in [0.5, 0.6) is 0 Å². The second-order valence-electron chi connectivity index (χ2n) is 3.21. The van der Waals surface area contributed by atoms with Crippen LogP contribution in [-0.4, -0.2) is 17.6 Å². The number of hydrogen-bond donors (Lipinski definition) is 2. The Hall–Kier alpha value is -1.61. The van der Waals surface area contributed by atoms with E-state index in [-0.39, 0.29) is 0 Å². The summed E-state index contributed by atoms with van der Waals surface area (Å²) in [7, 11) is 0. The highest BCUT2D eigenvalue weighted by Gasteiger charge is 2.17. The second-order valence-corrected chi connectivity index (χ2v) is 3.21. The summed E-state index contributed by atoms with van der Waals surface area (Å²) < 4.78 is 0. The largest absolute Gasteiger partial charge is 0.480 e. The molecule has 80 valence electrons. The minimum atomic E-state index is -0.856. The Labute approximate surface area is 89.4 Å². The van der Waals surface area contributed by atoms with Crippen molar-refractivity contribution in [2.45, 2.75) is 12.5 Å². The average Bonchev–Trinajstić information content (AvgIpc) is 2.25. The molecule has 1 aromatic carbocycles. The zero-order chi connectivity index (χ0) is 11.1. The fraction of sp³-hybridized carbons (Fsp3) is 0.250. The number of benzene rings is 1. The van der Waals surface area contributed by atoms with E-state index in [1.54, 1.807) is 18.2 Å². The molecule has 1 atom stereocenters. The fourth-order valence-electron chi connectivity index (χ4n) is 1.32. The van der Waals surface area contributed by atoms with E-state index < -0.39 is 12.0 Å². The summed E-state index contributed by atoms with van der Waals surface area (Å²) in [5, 5.41) is 12.0. The highest BCUT2D eigenvalue weighted by atomic mass is 16.4. The summed E-state index contributed by atoms with van der Waals surface area (Å²) in [5.41, 5.74) is 0.772. The number of aliphatic carboxylic acids is 1. The van der Waals surface area contributed by atoms with Crippen LogP contribution in [0.1, 0.15) is 18.0 Å². The Morgan fingerprint density at radius 3 is 2.67 bits per heavy atom. The monoisotopic (exact) mass is 205 g/mol. The van der Waals surface area contributed by atoms with E-state index in [1.807, 2.05) is 18.2 Å². The number of carboxylic acid groups (broad SMARTS) is 1. The predicted octanol–water partition coefficient (Wildman–Crippen LogP) is 1.98. The molecular weight excluding hydrogens is 190 g/mol. The lowest BCUT2D eigenvalue weighted by Gasteiger charge is -2.13. The van der Waals surface area contributed by atoms with Crippen molar-refractivity contribution in [3.05, 3.63) is 48.6 Å². The molecule has 3 nitrogen and oxygen atoms in total. The Bertz CT molecular complexity index is 322. The first kappa shape index (κ1) is 11.5. The van der Waals surface area contributed by atoms with Crippen LogP contribution < -0.4 is 5.32 Å². The van der Waals surface area contributed by atoms with Gasteiger partial charge in [0.1, 0.15) is 6.04 Å². The lowest BCUT2D eigenvalue weighted by molar-refractivity contribution is -0.139. The minimum Gasteiger partial charge on any atom is -0.480 e. The molecule has 0 aliphatic rings. The summed E-state index contributed by atoms with van der Waals surface area (Å²) >= 11 is 0. The van der Waals surface area contributed by atoms with E-state index in [0.717, 1.165) is 12.0 Å². The molecule has 1 aromatic rings. The lowest BCUT2D eigenvalue weighted by atomic mass is 10.1. The second kappa shape index (κ2) is 5.98. The van der Waals surface area contributed by atoms with Crippen molar-refractivity contribution in [3.63, 3.8) is 0 Å². The summed E-state index contributed by atoms with van der Waals surface area (Å²) in [6.07, 6.45) is 2.52. The first-order valence-corrected chi connectivity index (χ1v) is 4.87.